The average Bonchev–Trinajstić information content (AvgIpc) is 2.89. The molecule has 0 fully saturated rings. The Labute approximate surface area is 155 Å². The summed E-state index contributed by atoms with van der Waals surface area (Å²) in [6.07, 6.45) is 2.39. The standard InChI is InChI=1S/C18H22IN3O2/c1-11(2)15-6-4-5-13(20-15)10-22-17(19)14-8-7-12(18(23)24-3)9-16(14)21-22/h4-6,11-12H,7-10H2,1-3H3. The Morgan fingerprint density at radius 1 is 1.46 bits per heavy atom. The first kappa shape index (κ1) is 17.4. The van der Waals surface area contributed by atoms with Gasteiger partial charge in [-0.05, 0) is 53.5 Å². The molecule has 5 nitrogen and oxygen atoms in total. The molecular weight excluding hydrogens is 417 g/mol. The summed E-state index contributed by atoms with van der Waals surface area (Å²) in [4.78, 5) is 16.5. The molecule has 1 aliphatic rings. The molecule has 0 saturated heterocycles. The van der Waals surface area contributed by atoms with E-state index >= 15 is 0 Å². The van der Waals surface area contributed by atoms with Gasteiger partial charge in [-0.2, -0.15) is 5.10 Å². The van der Waals surface area contributed by atoms with E-state index in [1.807, 2.05) is 10.7 Å². The topological polar surface area (TPSA) is 57.0 Å². The summed E-state index contributed by atoms with van der Waals surface area (Å²) >= 11 is 2.36. The Balaban J connectivity index is 1.83. The van der Waals surface area contributed by atoms with Crippen LogP contribution in [0.15, 0.2) is 18.2 Å². The summed E-state index contributed by atoms with van der Waals surface area (Å²) in [5, 5.41) is 4.75. The molecule has 0 aromatic carbocycles. The average molecular weight is 439 g/mol. The molecule has 2 heterocycles. The largest absolute Gasteiger partial charge is 0.469 e. The minimum absolute atomic E-state index is 0.0657. The maximum Gasteiger partial charge on any atom is 0.309 e. The van der Waals surface area contributed by atoms with Crippen LogP contribution in [0.25, 0.3) is 0 Å². The predicted molar refractivity (Wildman–Crippen MR) is 99.9 cm³/mol. The van der Waals surface area contributed by atoms with Gasteiger partial charge in [0.1, 0.15) is 3.70 Å². The van der Waals surface area contributed by atoms with Gasteiger partial charge in [-0.15, -0.1) is 0 Å². The van der Waals surface area contributed by atoms with Crippen LogP contribution >= 0.6 is 22.6 Å². The zero-order valence-corrected chi connectivity index (χ0v) is 16.4. The van der Waals surface area contributed by atoms with Crippen molar-refractivity contribution >= 4 is 28.6 Å². The van der Waals surface area contributed by atoms with Gasteiger partial charge in [-0.1, -0.05) is 19.9 Å². The number of rotatable bonds is 4. The molecule has 3 rings (SSSR count). The quantitative estimate of drug-likeness (QED) is 0.542. The lowest BCUT2D eigenvalue weighted by molar-refractivity contribution is -0.145. The van der Waals surface area contributed by atoms with E-state index in [-0.39, 0.29) is 11.9 Å². The number of aromatic nitrogens is 3. The van der Waals surface area contributed by atoms with Gasteiger partial charge in [0.05, 0.1) is 31.0 Å². The number of nitrogens with zero attached hydrogens (tertiary/aromatic N) is 3. The summed E-state index contributed by atoms with van der Waals surface area (Å²) < 4.78 is 8.05. The van der Waals surface area contributed by atoms with Gasteiger partial charge in [0, 0.05) is 17.7 Å². The van der Waals surface area contributed by atoms with E-state index in [0.717, 1.165) is 33.6 Å². The van der Waals surface area contributed by atoms with Gasteiger partial charge in [-0.25, -0.2) is 0 Å². The fourth-order valence-electron chi connectivity index (χ4n) is 3.12. The Kier molecular flexibility index (Phi) is 5.22. The maximum atomic E-state index is 11.8. The van der Waals surface area contributed by atoms with Crippen molar-refractivity contribution in [3.63, 3.8) is 0 Å². The molecule has 2 aromatic rings. The highest BCUT2D eigenvalue weighted by Gasteiger charge is 2.29. The maximum absolute atomic E-state index is 11.8. The second-order valence-corrected chi connectivity index (χ2v) is 7.57. The van der Waals surface area contributed by atoms with Gasteiger partial charge in [0.2, 0.25) is 0 Å². The predicted octanol–water partition coefficient (Wildman–Crippen LogP) is 3.33. The first-order chi connectivity index (χ1) is 11.5. The highest BCUT2D eigenvalue weighted by atomic mass is 127. The second kappa shape index (κ2) is 7.21. The van der Waals surface area contributed by atoms with Crippen molar-refractivity contribution in [3.8, 4) is 0 Å². The molecule has 128 valence electrons. The summed E-state index contributed by atoms with van der Waals surface area (Å²) in [5.41, 5.74) is 4.42. The molecule has 0 bridgehead atoms. The van der Waals surface area contributed by atoms with E-state index in [9.17, 15) is 4.79 Å². The highest BCUT2D eigenvalue weighted by Crippen LogP contribution is 2.29. The first-order valence-electron chi connectivity index (χ1n) is 8.27. The summed E-state index contributed by atoms with van der Waals surface area (Å²) in [6, 6.07) is 6.16. The van der Waals surface area contributed by atoms with Crippen molar-refractivity contribution in [2.24, 2.45) is 5.92 Å². The van der Waals surface area contributed by atoms with Gasteiger partial charge < -0.3 is 4.74 Å². The highest BCUT2D eigenvalue weighted by molar-refractivity contribution is 14.1. The third-order valence-electron chi connectivity index (χ3n) is 4.51. The van der Waals surface area contributed by atoms with Crippen LogP contribution in [0.5, 0.6) is 0 Å². The molecule has 6 heteroatoms. The Hall–Kier alpha value is -1.44. The van der Waals surface area contributed by atoms with Crippen LogP contribution in [0, 0.1) is 9.62 Å². The zero-order chi connectivity index (χ0) is 17.3. The summed E-state index contributed by atoms with van der Waals surface area (Å²) in [7, 11) is 1.45. The number of ether oxygens (including phenoxy) is 1. The van der Waals surface area contributed by atoms with Crippen molar-refractivity contribution in [2.45, 2.75) is 45.6 Å². The van der Waals surface area contributed by atoms with Gasteiger partial charge in [0.25, 0.3) is 0 Å². The Morgan fingerprint density at radius 2 is 2.25 bits per heavy atom. The van der Waals surface area contributed by atoms with Crippen LogP contribution in [0.4, 0.5) is 0 Å². The van der Waals surface area contributed by atoms with Crippen molar-refractivity contribution in [3.05, 3.63) is 44.5 Å². The molecule has 0 amide bonds. The Bertz CT molecular complexity index is 755. The van der Waals surface area contributed by atoms with Crippen molar-refractivity contribution in [1.29, 1.82) is 0 Å². The minimum Gasteiger partial charge on any atom is -0.469 e. The van der Waals surface area contributed by atoms with Crippen LogP contribution in [0.3, 0.4) is 0 Å². The van der Waals surface area contributed by atoms with Gasteiger partial charge in [-0.3, -0.25) is 14.5 Å². The lowest BCUT2D eigenvalue weighted by Gasteiger charge is -2.18. The van der Waals surface area contributed by atoms with Crippen LogP contribution in [0.1, 0.15) is 48.8 Å². The third kappa shape index (κ3) is 3.48. The third-order valence-corrected chi connectivity index (χ3v) is 5.72. The molecule has 24 heavy (non-hydrogen) atoms. The van der Waals surface area contributed by atoms with Crippen LogP contribution in [0.2, 0.25) is 0 Å². The molecule has 0 spiro atoms. The fraction of sp³-hybridized carbons (Fsp3) is 0.500. The van der Waals surface area contributed by atoms with Gasteiger partial charge >= 0.3 is 5.97 Å². The van der Waals surface area contributed by atoms with Crippen LogP contribution in [-0.2, 0) is 28.9 Å². The number of methoxy groups -OCH3 is 1. The molecule has 0 aliphatic heterocycles. The second-order valence-electron chi connectivity index (χ2n) is 6.55. The molecule has 1 aliphatic carbocycles. The van der Waals surface area contributed by atoms with Crippen molar-refractivity contribution in [1.82, 2.24) is 14.8 Å². The molecule has 1 unspecified atom stereocenters. The number of carbonyl (C=O) groups is 1. The molecule has 0 radical (unpaired) electrons. The van der Waals surface area contributed by atoms with Crippen LogP contribution in [-0.4, -0.2) is 27.8 Å². The summed E-state index contributed by atoms with van der Waals surface area (Å²) in [6.45, 7) is 4.96. The molecule has 1 atom stereocenters. The number of pyridine rings is 1. The molecule has 0 saturated carbocycles. The molecule has 0 N–H and O–H groups in total. The number of carbonyl (C=O) groups excluding carboxylic acids is 1. The number of hydrogen-bond donors (Lipinski definition) is 0. The SMILES string of the molecule is COC(=O)C1CCc2c(nn(Cc3cccc(C(C)C)n3)c2I)C1. The first-order valence-corrected chi connectivity index (χ1v) is 9.35. The zero-order valence-electron chi connectivity index (χ0n) is 14.3. The van der Waals surface area contributed by atoms with E-state index in [0.29, 0.717) is 18.9 Å². The van der Waals surface area contributed by atoms with E-state index in [4.69, 9.17) is 14.8 Å². The van der Waals surface area contributed by atoms with Crippen LogP contribution < -0.4 is 0 Å². The molecule has 2 aromatic heterocycles. The lowest BCUT2D eigenvalue weighted by Crippen LogP contribution is -2.23. The normalized spacial score (nSPS) is 17.0. The number of halogens is 1. The number of hydrogen-bond acceptors (Lipinski definition) is 4. The Morgan fingerprint density at radius 3 is 2.96 bits per heavy atom. The van der Waals surface area contributed by atoms with E-state index in [1.54, 1.807) is 0 Å². The summed E-state index contributed by atoms with van der Waals surface area (Å²) in [5.74, 6) is 0.219. The molecular formula is C18H22IN3O2. The van der Waals surface area contributed by atoms with E-state index in [2.05, 4.69) is 48.6 Å². The van der Waals surface area contributed by atoms with E-state index in [1.165, 1.54) is 12.7 Å². The van der Waals surface area contributed by atoms with E-state index < -0.39 is 0 Å². The minimum atomic E-state index is -0.128. The lowest BCUT2D eigenvalue weighted by atomic mass is 9.88. The number of esters is 1. The smallest absolute Gasteiger partial charge is 0.309 e. The fourth-order valence-corrected chi connectivity index (χ4v) is 3.98. The van der Waals surface area contributed by atoms with Gasteiger partial charge in [0.15, 0.2) is 0 Å². The number of fused-ring (bicyclic) bond motifs is 1. The van der Waals surface area contributed by atoms with Crippen molar-refractivity contribution < 1.29 is 9.53 Å². The van der Waals surface area contributed by atoms with Crippen molar-refractivity contribution in [2.75, 3.05) is 7.11 Å². The monoisotopic (exact) mass is 439 g/mol.